The Kier molecular flexibility index (Phi) is 5.05. The molecule has 1 N–H and O–H groups in total. The topological polar surface area (TPSA) is 47.6 Å². The second-order valence-corrected chi connectivity index (χ2v) is 2.99. The van der Waals surface area contributed by atoms with E-state index in [-0.39, 0.29) is 12.0 Å². The predicted octanol–water partition coefficient (Wildman–Crippen LogP) is -0.0686. The molecule has 1 rings (SSSR count). The van der Waals surface area contributed by atoms with Crippen LogP contribution in [0.3, 0.4) is 0 Å². The van der Waals surface area contributed by atoms with Crippen molar-refractivity contribution in [2.75, 3.05) is 26.4 Å². The van der Waals surface area contributed by atoms with E-state index >= 15 is 0 Å². The van der Waals surface area contributed by atoms with Crippen LogP contribution in [0.1, 0.15) is 13.3 Å². The molecule has 4 nitrogen and oxygen atoms in total. The van der Waals surface area contributed by atoms with Gasteiger partial charge in [0.25, 0.3) is 5.91 Å². The Labute approximate surface area is 84.0 Å². The zero-order chi connectivity index (χ0) is 10.2. The molecule has 4 heteroatoms. The van der Waals surface area contributed by atoms with Gasteiger partial charge in [0.2, 0.25) is 0 Å². The lowest BCUT2D eigenvalue weighted by molar-refractivity contribution is -0.116. The van der Waals surface area contributed by atoms with E-state index in [0.717, 1.165) is 6.42 Å². The molecule has 1 unspecified atom stereocenters. The van der Waals surface area contributed by atoms with Crippen LogP contribution in [0.4, 0.5) is 0 Å². The van der Waals surface area contributed by atoms with Crippen molar-refractivity contribution >= 4 is 5.91 Å². The lowest BCUT2D eigenvalue weighted by atomic mass is 10.2. The molecule has 0 aromatic carbocycles. The second kappa shape index (κ2) is 6.41. The third kappa shape index (κ3) is 4.26. The molecule has 0 aromatic heterocycles. The number of carbonyl (C=O) groups is 1. The lowest BCUT2D eigenvalue weighted by Crippen LogP contribution is -2.33. The summed E-state index contributed by atoms with van der Waals surface area (Å²) in [4.78, 5) is 10.9. The van der Waals surface area contributed by atoms with Gasteiger partial charge in [-0.05, 0) is 19.3 Å². The molecule has 1 aliphatic rings. The molecule has 1 heterocycles. The summed E-state index contributed by atoms with van der Waals surface area (Å²) in [5, 5.41) is 2.68. The Hall–Kier alpha value is -1.05. The number of ether oxygens (including phenoxy) is 2. The van der Waals surface area contributed by atoms with E-state index in [0.29, 0.717) is 26.4 Å². The van der Waals surface area contributed by atoms with Crippen LogP contribution in [0.5, 0.6) is 0 Å². The highest BCUT2D eigenvalue weighted by molar-refractivity contribution is 5.93. The van der Waals surface area contributed by atoms with Crippen molar-refractivity contribution < 1.29 is 14.3 Å². The highest BCUT2D eigenvalue weighted by Gasteiger charge is 2.13. The molecule has 0 bridgehead atoms. The molecule has 78 valence electrons. The molecule has 1 atom stereocenters. The monoisotopic (exact) mass is 197 g/mol. The zero-order valence-corrected chi connectivity index (χ0v) is 8.34. The molecule has 0 aliphatic carbocycles. The molecule has 0 spiro atoms. The van der Waals surface area contributed by atoms with Crippen molar-refractivity contribution in [2.24, 2.45) is 0 Å². The highest BCUT2D eigenvalue weighted by atomic mass is 16.6. The van der Waals surface area contributed by atoms with Crippen molar-refractivity contribution in [3.05, 3.63) is 0 Å². The number of nitrogens with one attached hydrogen (secondary N) is 1. The van der Waals surface area contributed by atoms with Gasteiger partial charge < -0.3 is 14.8 Å². The summed E-state index contributed by atoms with van der Waals surface area (Å²) >= 11 is 0. The summed E-state index contributed by atoms with van der Waals surface area (Å²) in [6.45, 7) is 4.16. The first kappa shape index (κ1) is 11.0. The Morgan fingerprint density at radius 1 is 1.57 bits per heavy atom. The first-order valence-electron chi connectivity index (χ1n) is 4.73. The van der Waals surface area contributed by atoms with Gasteiger partial charge in [-0.25, -0.2) is 0 Å². The van der Waals surface area contributed by atoms with Gasteiger partial charge in [0, 0.05) is 6.54 Å². The van der Waals surface area contributed by atoms with Gasteiger partial charge >= 0.3 is 0 Å². The quantitative estimate of drug-likeness (QED) is 0.644. The van der Waals surface area contributed by atoms with E-state index in [1.165, 1.54) is 0 Å². The number of rotatable bonds is 3. The maximum absolute atomic E-state index is 10.9. The van der Waals surface area contributed by atoms with Gasteiger partial charge in [0.15, 0.2) is 0 Å². The average molecular weight is 197 g/mol. The van der Waals surface area contributed by atoms with Crippen molar-refractivity contribution in [2.45, 2.75) is 19.4 Å². The Bertz CT molecular complexity index is 235. The molecule has 1 amide bonds. The summed E-state index contributed by atoms with van der Waals surface area (Å²) in [7, 11) is 0. The van der Waals surface area contributed by atoms with Crippen LogP contribution >= 0.6 is 0 Å². The number of hydrogen-bond acceptors (Lipinski definition) is 3. The first-order valence-corrected chi connectivity index (χ1v) is 4.73. The highest BCUT2D eigenvalue weighted by Crippen LogP contribution is 2.03. The smallest absolute Gasteiger partial charge is 0.295 e. The SMILES string of the molecule is CC#CC(=O)NCCC1COCCO1. The number of hydrogen-bond donors (Lipinski definition) is 1. The predicted molar refractivity (Wildman–Crippen MR) is 51.6 cm³/mol. The van der Waals surface area contributed by atoms with E-state index in [9.17, 15) is 4.79 Å². The van der Waals surface area contributed by atoms with Gasteiger partial charge in [-0.1, -0.05) is 5.92 Å². The fourth-order valence-corrected chi connectivity index (χ4v) is 1.21. The molecule has 1 aliphatic heterocycles. The summed E-state index contributed by atoms with van der Waals surface area (Å²) in [5.41, 5.74) is 0. The van der Waals surface area contributed by atoms with Gasteiger partial charge in [0.1, 0.15) is 0 Å². The summed E-state index contributed by atoms with van der Waals surface area (Å²) < 4.78 is 10.6. The van der Waals surface area contributed by atoms with Crippen molar-refractivity contribution in [3.8, 4) is 11.8 Å². The van der Waals surface area contributed by atoms with Crippen molar-refractivity contribution in [3.63, 3.8) is 0 Å². The van der Waals surface area contributed by atoms with E-state index in [4.69, 9.17) is 9.47 Å². The van der Waals surface area contributed by atoms with Crippen LogP contribution in [0.15, 0.2) is 0 Å². The second-order valence-electron chi connectivity index (χ2n) is 2.99. The fraction of sp³-hybridized carbons (Fsp3) is 0.700. The summed E-state index contributed by atoms with van der Waals surface area (Å²) in [6, 6.07) is 0. The molecular weight excluding hydrogens is 182 g/mol. The zero-order valence-electron chi connectivity index (χ0n) is 8.34. The van der Waals surface area contributed by atoms with Gasteiger partial charge in [-0.2, -0.15) is 0 Å². The van der Waals surface area contributed by atoms with Gasteiger partial charge in [0.05, 0.1) is 25.9 Å². The van der Waals surface area contributed by atoms with E-state index in [1.54, 1.807) is 6.92 Å². The normalized spacial score (nSPS) is 20.8. The molecule has 0 saturated carbocycles. The molecule has 0 radical (unpaired) electrons. The minimum atomic E-state index is -0.232. The van der Waals surface area contributed by atoms with Gasteiger partial charge in [-0.15, -0.1) is 0 Å². The number of amides is 1. The van der Waals surface area contributed by atoms with Crippen LogP contribution in [0, 0.1) is 11.8 Å². The largest absolute Gasteiger partial charge is 0.376 e. The third-order valence-corrected chi connectivity index (χ3v) is 1.88. The van der Waals surface area contributed by atoms with Crippen molar-refractivity contribution in [1.29, 1.82) is 0 Å². The summed E-state index contributed by atoms with van der Waals surface area (Å²) in [6.07, 6.45) is 0.885. The maximum Gasteiger partial charge on any atom is 0.295 e. The van der Waals surface area contributed by atoms with Gasteiger partial charge in [-0.3, -0.25) is 4.79 Å². The van der Waals surface area contributed by atoms with Crippen LogP contribution in [-0.4, -0.2) is 38.4 Å². The maximum atomic E-state index is 10.9. The molecule has 14 heavy (non-hydrogen) atoms. The van der Waals surface area contributed by atoms with E-state index in [2.05, 4.69) is 17.2 Å². The fourth-order valence-electron chi connectivity index (χ4n) is 1.21. The molecule has 1 fully saturated rings. The molecule has 1 saturated heterocycles. The minimum absolute atomic E-state index is 0.110. The minimum Gasteiger partial charge on any atom is -0.376 e. The number of carbonyl (C=O) groups excluding carboxylic acids is 1. The lowest BCUT2D eigenvalue weighted by Gasteiger charge is -2.22. The third-order valence-electron chi connectivity index (χ3n) is 1.88. The summed E-state index contributed by atoms with van der Waals surface area (Å²) in [5.74, 6) is 4.72. The van der Waals surface area contributed by atoms with Crippen LogP contribution in [-0.2, 0) is 14.3 Å². The van der Waals surface area contributed by atoms with E-state index in [1.807, 2.05) is 0 Å². The van der Waals surface area contributed by atoms with Crippen LogP contribution in [0.25, 0.3) is 0 Å². The average Bonchev–Trinajstić information content (AvgIpc) is 2.20. The standard InChI is InChI=1S/C10H15NO3/c1-2-3-10(12)11-5-4-9-8-13-6-7-14-9/h9H,4-8H2,1H3,(H,11,12). The Morgan fingerprint density at radius 3 is 3.07 bits per heavy atom. The Balaban J connectivity index is 2.07. The first-order chi connectivity index (χ1) is 6.83. The molecular formula is C10H15NO3. The van der Waals surface area contributed by atoms with E-state index < -0.39 is 0 Å². The van der Waals surface area contributed by atoms with Crippen molar-refractivity contribution in [1.82, 2.24) is 5.32 Å². The molecule has 0 aromatic rings. The van der Waals surface area contributed by atoms with Crippen LogP contribution in [0.2, 0.25) is 0 Å². The van der Waals surface area contributed by atoms with Crippen LogP contribution < -0.4 is 5.32 Å². The Morgan fingerprint density at radius 2 is 2.43 bits per heavy atom.